The van der Waals surface area contributed by atoms with Gasteiger partial charge >= 0.3 is 0 Å². The zero-order valence-corrected chi connectivity index (χ0v) is 33.7. The molecule has 0 atom stereocenters. The molecule has 7 aromatic carbocycles. The fourth-order valence-electron chi connectivity index (χ4n) is 7.95. The minimum absolute atomic E-state index is 0. The van der Waals surface area contributed by atoms with E-state index in [4.69, 9.17) is 23.4 Å². The van der Waals surface area contributed by atoms with E-state index in [0.29, 0.717) is 33.9 Å². The first kappa shape index (κ1) is 25.8. The molecule has 0 radical (unpaired) electrons. The number of rotatable bonds is 6. The number of hydrogen-bond donors (Lipinski definition) is 0. The molecule has 276 valence electrons. The molecule has 57 heavy (non-hydrogen) atoms. The van der Waals surface area contributed by atoms with Crippen LogP contribution in [0.3, 0.4) is 0 Å². The zero-order chi connectivity index (χ0) is 46.1. The van der Waals surface area contributed by atoms with E-state index in [9.17, 15) is 0 Å². The summed E-state index contributed by atoms with van der Waals surface area (Å²) in [4.78, 5) is 4.89. The third kappa shape index (κ3) is 5.70. The van der Waals surface area contributed by atoms with E-state index in [1.807, 2.05) is 54.7 Å². The largest absolute Gasteiger partial charge is 0.510 e. The molecule has 10 aromatic rings. The summed E-state index contributed by atoms with van der Waals surface area (Å²) in [5.41, 5.74) is 4.41. The third-order valence-corrected chi connectivity index (χ3v) is 14.0. The van der Waals surface area contributed by atoms with Gasteiger partial charge in [0.1, 0.15) is 13.9 Å². The predicted molar refractivity (Wildman–Crippen MR) is 228 cm³/mol. The molecule has 4 heterocycles. The number of pyridine rings is 1. The molecule has 5 nitrogen and oxygen atoms in total. The Morgan fingerprint density at radius 2 is 1.37 bits per heavy atom. The van der Waals surface area contributed by atoms with Gasteiger partial charge in [0.05, 0.1) is 30.4 Å². The van der Waals surface area contributed by atoms with Crippen LogP contribution >= 0.6 is 0 Å². The van der Waals surface area contributed by atoms with Crippen molar-refractivity contribution in [3.05, 3.63) is 188 Å². The number of benzene rings is 7. The molecule has 7 heteroatoms. The third-order valence-electron chi connectivity index (χ3n) is 10.5. The van der Waals surface area contributed by atoms with E-state index in [2.05, 4.69) is 66.5 Å². The van der Waals surface area contributed by atoms with Gasteiger partial charge in [0, 0.05) is 44.3 Å². The van der Waals surface area contributed by atoms with Gasteiger partial charge in [-0.2, -0.15) is 18.2 Å². The summed E-state index contributed by atoms with van der Waals surface area (Å²) in [6, 6.07) is 34.3. The molecule has 1 aliphatic heterocycles. The molecule has 11 rings (SSSR count). The summed E-state index contributed by atoms with van der Waals surface area (Å²) in [7, 11) is -2.05. The van der Waals surface area contributed by atoms with E-state index in [1.165, 1.54) is 16.4 Å². The Labute approximate surface area is 360 Å². The van der Waals surface area contributed by atoms with Crippen molar-refractivity contribution in [2.45, 2.75) is 13.1 Å². The second-order valence-electron chi connectivity index (χ2n) is 14.2. The van der Waals surface area contributed by atoms with E-state index in [0.717, 1.165) is 27.6 Å². The van der Waals surface area contributed by atoms with Crippen molar-refractivity contribution in [3.8, 4) is 50.9 Å². The molecular weight excluding hydrogens is 896 g/mol. The van der Waals surface area contributed by atoms with Crippen LogP contribution in [0.25, 0.3) is 72.3 Å². The average Bonchev–Trinajstić information content (AvgIpc) is 3.88. The molecule has 3 aromatic heterocycles. The van der Waals surface area contributed by atoms with Crippen molar-refractivity contribution in [2.24, 2.45) is 0 Å². The second-order valence-corrected chi connectivity index (χ2v) is 18.5. The maximum absolute atomic E-state index is 8.82. The van der Waals surface area contributed by atoms with Crippen LogP contribution in [-0.2, 0) is 21.1 Å². The van der Waals surface area contributed by atoms with Crippen molar-refractivity contribution >= 4 is 51.3 Å². The van der Waals surface area contributed by atoms with Crippen LogP contribution < -0.4 is 19.7 Å². The van der Waals surface area contributed by atoms with Gasteiger partial charge in [0.25, 0.3) is 6.33 Å². The Hall–Kier alpha value is -6.33. The minimum Gasteiger partial charge on any atom is -0.510 e. The first-order valence-electron chi connectivity index (χ1n) is 23.1. The van der Waals surface area contributed by atoms with Crippen molar-refractivity contribution in [3.63, 3.8) is 0 Å². The van der Waals surface area contributed by atoms with Crippen LogP contribution in [0.1, 0.15) is 13.7 Å². The Balaban J connectivity index is 0.00000525. The number of imidazole rings is 1. The number of para-hydroxylation sites is 3. The molecule has 1 aliphatic rings. The number of ether oxygens (including phenoxy) is 1. The van der Waals surface area contributed by atoms with Crippen molar-refractivity contribution in [1.82, 2.24) is 14.1 Å². The zero-order valence-electron chi connectivity index (χ0n) is 40.4. The van der Waals surface area contributed by atoms with Gasteiger partial charge in [-0.05, 0) is 68.0 Å². The standard InChI is InChI=1S/C50H34N4OSi.Pt/c1-56(2)47-23-12-20-43-42-26-25-41(32-46(42)54(49(43)47)50-48(56)24-13-27-51-50)55-40-19-11-18-38(31-40)52-33-53(45-22-10-9-21-44(45)52)39-29-36(34-14-5-3-6-15-34)28-37(30-39)35-16-7-4-8-17-35;/h3-30H,1-2H3;/q-2;/i3D,4D,5D,6D,7D,8D,14D,15D,16D,17D;. The molecule has 0 unspecified atom stereocenters. The molecule has 0 saturated heterocycles. The Morgan fingerprint density at radius 3 is 2.14 bits per heavy atom. The number of hydrogen-bond acceptors (Lipinski definition) is 2. The molecular formula is C50H34N4OPtSi-2. The van der Waals surface area contributed by atoms with Crippen LogP contribution in [0.4, 0.5) is 0 Å². The molecule has 0 saturated carbocycles. The van der Waals surface area contributed by atoms with Gasteiger partial charge < -0.3 is 13.9 Å². The summed E-state index contributed by atoms with van der Waals surface area (Å²) in [6.45, 7) is 4.72. The Kier molecular flexibility index (Phi) is 6.19. The monoisotopic (exact) mass is 939 g/mol. The summed E-state index contributed by atoms with van der Waals surface area (Å²) in [6.07, 6.45) is 5.24. The van der Waals surface area contributed by atoms with Crippen LogP contribution in [-0.4, -0.2) is 22.2 Å². The molecule has 0 fully saturated rings. The van der Waals surface area contributed by atoms with Gasteiger partial charge in [0.15, 0.2) is 0 Å². The van der Waals surface area contributed by atoms with Crippen molar-refractivity contribution in [1.29, 1.82) is 0 Å². The summed E-state index contributed by atoms with van der Waals surface area (Å²) >= 11 is 0. The van der Waals surface area contributed by atoms with E-state index < -0.39 is 68.5 Å². The summed E-state index contributed by atoms with van der Waals surface area (Å²) < 4.78 is 97.6. The van der Waals surface area contributed by atoms with Gasteiger partial charge in [-0.1, -0.05) is 128 Å². The fourth-order valence-corrected chi connectivity index (χ4v) is 10.8. The van der Waals surface area contributed by atoms with Crippen LogP contribution in [0.2, 0.25) is 13.1 Å². The van der Waals surface area contributed by atoms with Gasteiger partial charge in [-0.3, -0.25) is 4.57 Å². The second kappa shape index (κ2) is 13.7. The number of nitrogens with zero attached hydrogens (tertiary/aromatic N) is 4. The Bertz CT molecular complexity index is 3610. The summed E-state index contributed by atoms with van der Waals surface area (Å²) in [5.74, 6) is 1.81. The van der Waals surface area contributed by atoms with Gasteiger partial charge in [0.2, 0.25) is 0 Å². The van der Waals surface area contributed by atoms with E-state index in [-0.39, 0.29) is 43.3 Å². The van der Waals surface area contributed by atoms with Gasteiger partial charge in [-0.15, -0.1) is 29.7 Å². The van der Waals surface area contributed by atoms with Crippen molar-refractivity contribution in [2.75, 3.05) is 0 Å². The smallest absolute Gasteiger partial charge is 0.268 e. The minimum atomic E-state index is -2.05. The Morgan fingerprint density at radius 1 is 0.667 bits per heavy atom. The molecule has 0 spiro atoms. The molecule has 0 aliphatic carbocycles. The average molecular weight is 940 g/mol. The quantitative estimate of drug-likeness (QED) is 0.0947. The fraction of sp³-hybridized carbons (Fsp3) is 0.0400. The summed E-state index contributed by atoms with van der Waals surface area (Å²) in [5, 5.41) is 4.77. The van der Waals surface area contributed by atoms with Crippen LogP contribution in [0.5, 0.6) is 11.5 Å². The number of aromatic nitrogens is 4. The van der Waals surface area contributed by atoms with Crippen LogP contribution in [0, 0.1) is 18.5 Å². The first-order valence-corrected chi connectivity index (χ1v) is 21.1. The van der Waals surface area contributed by atoms with Crippen molar-refractivity contribution < 1.29 is 44.1 Å². The molecule has 0 amide bonds. The SMILES string of the molecule is [2H]c1c([2H])c([2H])c(-c2cc(-c3c([2H])c([2H])c([2H])c([2H])c3[2H])cc(-[n+]3[c-]n(-c4[c-]c(Oc5[c-]c6c(cc5)c5cccc7c5n6-c5ncccc5[Si]7(C)C)ccc4)c4ccccc43)c2)c([2H])c1[2H].[Pt]. The molecule has 0 bridgehead atoms. The normalized spacial score (nSPS) is 15.2. The topological polar surface area (TPSA) is 35.9 Å². The first-order chi connectivity index (χ1) is 31.6. The number of fused-ring (bicyclic) bond motifs is 6. The van der Waals surface area contributed by atoms with E-state index >= 15 is 0 Å². The maximum Gasteiger partial charge on any atom is 0.268 e. The van der Waals surface area contributed by atoms with Gasteiger partial charge in [-0.25, -0.2) is 4.98 Å². The predicted octanol–water partition coefficient (Wildman–Crippen LogP) is 10.1. The van der Waals surface area contributed by atoms with Crippen LogP contribution in [0.15, 0.2) is 170 Å². The maximum atomic E-state index is 8.82. The van der Waals surface area contributed by atoms with E-state index in [1.54, 1.807) is 27.3 Å². The molecule has 0 N–H and O–H groups in total.